The van der Waals surface area contributed by atoms with E-state index in [-0.39, 0.29) is 66.7 Å². The number of hydrogen-bond donors (Lipinski definition) is 1. The summed E-state index contributed by atoms with van der Waals surface area (Å²) in [6, 6.07) is 0.999. The molecule has 0 spiro atoms. The molecule has 1 amide bonds. The molecule has 0 saturated carbocycles. The molecular formula is C35H49F9N6O3. The van der Waals surface area contributed by atoms with Crippen LogP contribution in [-0.2, 0) is 17.5 Å². The lowest BCUT2D eigenvalue weighted by molar-refractivity contribution is -0.156. The molecule has 18 heteroatoms. The van der Waals surface area contributed by atoms with Gasteiger partial charge in [-0.3, -0.25) is 4.90 Å². The highest BCUT2D eigenvalue weighted by atomic mass is 19.4. The van der Waals surface area contributed by atoms with Gasteiger partial charge in [-0.25, -0.2) is 4.79 Å². The zero-order chi connectivity index (χ0) is 40.5. The van der Waals surface area contributed by atoms with Gasteiger partial charge < -0.3 is 14.7 Å². The average Bonchev–Trinajstić information content (AvgIpc) is 3.51. The second-order valence-electron chi connectivity index (χ2n) is 13.2. The molecule has 3 rings (SSSR count). The van der Waals surface area contributed by atoms with Crippen LogP contribution in [0.3, 0.4) is 0 Å². The van der Waals surface area contributed by atoms with Gasteiger partial charge in [-0.05, 0) is 74.9 Å². The number of rotatable bonds is 13. The molecule has 1 aliphatic heterocycles. The van der Waals surface area contributed by atoms with E-state index in [0.717, 1.165) is 42.1 Å². The molecule has 1 aliphatic rings. The first-order valence-electron chi connectivity index (χ1n) is 17.4. The third-order valence-corrected chi connectivity index (χ3v) is 8.23. The Hall–Kier alpha value is -3.83. The lowest BCUT2D eigenvalue weighted by atomic mass is 9.84. The normalized spacial score (nSPS) is 17.8. The van der Waals surface area contributed by atoms with E-state index in [1.165, 1.54) is 16.7 Å². The zero-order valence-electron chi connectivity index (χ0n) is 31.1. The lowest BCUT2D eigenvalue weighted by Gasteiger charge is -2.45. The summed E-state index contributed by atoms with van der Waals surface area (Å²) in [5.41, 5.74) is -1.18. The number of aliphatic hydroxyl groups excluding tert-OH is 1. The molecule has 3 atom stereocenters. The number of aromatic nitrogens is 4. The van der Waals surface area contributed by atoms with Crippen LogP contribution in [0.25, 0.3) is 0 Å². The van der Waals surface area contributed by atoms with Crippen molar-refractivity contribution in [3.8, 4) is 0 Å². The topological polar surface area (TPSA) is 96.6 Å². The van der Waals surface area contributed by atoms with Crippen LogP contribution < -0.4 is 9.80 Å². The second kappa shape index (κ2) is 19.0. The van der Waals surface area contributed by atoms with Gasteiger partial charge in [0.05, 0.1) is 42.3 Å². The van der Waals surface area contributed by atoms with E-state index in [9.17, 15) is 49.4 Å². The van der Waals surface area contributed by atoms with Gasteiger partial charge in [-0.1, -0.05) is 63.0 Å². The lowest BCUT2D eigenvalue weighted by Crippen LogP contribution is -2.51. The molecular weight excluding hydrogens is 723 g/mol. The number of fused-ring (bicyclic) bond motifs is 1. The van der Waals surface area contributed by atoms with Crippen LogP contribution in [0, 0.1) is 11.8 Å². The summed E-state index contributed by atoms with van der Waals surface area (Å²) in [5, 5.41) is 21.6. The molecule has 2 heterocycles. The summed E-state index contributed by atoms with van der Waals surface area (Å²) in [5.74, 6) is -2.55. The highest BCUT2D eigenvalue weighted by Crippen LogP contribution is 2.46. The standard InChI is InChI=1S/C33H43F9N6O3.C2H6/c1-19(2)27-16-28(25-15-24(33(40,41)42)10-11-26(25)48(27)30(50)51-20(3)4)46(29-43-45-47(44-29)12-7-13-49)18-23(14-22(6)32(37,38)39)9-8-21(5)17-31(34,35)36;1-2/h8,10-11,14-15,19-20,22,27-28,49H,7,9,12-13,16-18H2,1-6H3;1-2H3/b21-8+,23-14+;. The molecule has 1 aromatic heterocycles. The van der Waals surface area contributed by atoms with Crippen molar-refractivity contribution in [3.63, 3.8) is 0 Å². The third-order valence-electron chi connectivity index (χ3n) is 8.23. The van der Waals surface area contributed by atoms with Crippen molar-refractivity contribution < 1.29 is 54.2 Å². The van der Waals surface area contributed by atoms with Gasteiger partial charge in [0.1, 0.15) is 0 Å². The maximum atomic E-state index is 14.1. The van der Waals surface area contributed by atoms with Crippen molar-refractivity contribution >= 4 is 17.7 Å². The fraction of sp³-hybridized carbons (Fsp3) is 0.657. The Labute approximate surface area is 303 Å². The van der Waals surface area contributed by atoms with Gasteiger partial charge in [0, 0.05) is 19.2 Å². The summed E-state index contributed by atoms with van der Waals surface area (Å²) < 4.78 is 129. The fourth-order valence-electron chi connectivity index (χ4n) is 5.74. The number of ether oxygens (including phenoxy) is 1. The van der Waals surface area contributed by atoms with E-state index in [0.29, 0.717) is 0 Å². The number of amides is 1. The number of alkyl halides is 9. The highest BCUT2D eigenvalue weighted by molar-refractivity contribution is 5.90. The number of benzene rings is 1. The van der Waals surface area contributed by atoms with Crippen LogP contribution in [0.4, 0.5) is 55.9 Å². The van der Waals surface area contributed by atoms with Crippen LogP contribution in [0.15, 0.2) is 41.5 Å². The largest absolute Gasteiger partial charge is 0.446 e. The maximum absolute atomic E-state index is 14.1. The molecule has 3 unspecified atom stereocenters. The number of allylic oxidation sites excluding steroid dienone is 3. The molecule has 0 radical (unpaired) electrons. The minimum atomic E-state index is -4.82. The molecule has 9 nitrogen and oxygen atoms in total. The number of tetrazole rings is 1. The number of hydrogen-bond acceptors (Lipinski definition) is 7. The summed E-state index contributed by atoms with van der Waals surface area (Å²) in [7, 11) is 0. The number of halogens is 9. The third kappa shape index (κ3) is 13.2. The SMILES string of the molecule is C/C(=C\C/C(=C\C(C)C(F)(F)F)CN(c1nnn(CCCO)n1)C1CC(C(C)C)N(C(=O)OC(C)C)c2ccc(C(F)(F)F)cc21)CC(F)(F)F.CC. The van der Waals surface area contributed by atoms with Gasteiger partial charge in [0.2, 0.25) is 0 Å². The smallest absolute Gasteiger partial charge is 0.416 e. The quantitative estimate of drug-likeness (QED) is 0.160. The Kier molecular flexibility index (Phi) is 16.2. The first-order chi connectivity index (χ1) is 24.5. The number of anilines is 2. The van der Waals surface area contributed by atoms with Crippen molar-refractivity contribution in [2.24, 2.45) is 11.8 Å². The Balaban J connectivity index is 0.00000477. The predicted molar refractivity (Wildman–Crippen MR) is 182 cm³/mol. The molecule has 0 bridgehead atoms. The summed E-state index contributed by atoms with van der Waals surface area (Å²) in [6.07, 6.45) is -15.0. The second-order valence-corrected chi connectivity index (χ2v) is 13.2. The fourth-order valence-corrected chi connectivity index (χ4v) is 5.74. The average molecular weight is 773 g/mol. The molecule has 1 aromatic carbocycles. The van der Waals surface area contributed by atoms with Crippen LogP contribution in [0.2, 0.25) is 0 Å². The van der Waals surface area contributed by atoms with Crippen molar-refractivity contribution in [3.05, 3.63) is 52.6 Å². The zero-order valence-corrected chi connectivity index (χ0v) is 31.1. The van der Waals surface area contributed by atoms with E-state index in [1.54, 1.807) is 27.7 Å². The number of carbonyl (C=O) groups is 1. The van der Waals surface area contributed by atoms with Gasteiger partial charge in [0.15, 0.2) is 0 Å². The summed E-state index contributed by atoms with van der Waals surface area (Å²) >= 11 is 0. The predicted octanol–water partition coefficient (Wildman–Crippen LogP) is 9.84. The first kappa shape index (κ1) is 45.3. The van der Waals surface area contributed by atoms with Crippen molar-refractivity contribution in [2.75, 3.05) is 23.0 Å². The van der Waals surface area contributed by atoms with Crippen molar-refractivity contribution in [2.45, 2.75) is 124 Å². The molecule has 53 heavy (non-hydrogen) atoms. The van der Waals surface area contributed by atoms with Gasteiger partial charge >= 0.3 is 24.6 Å². The Bertz CT molecular complexity index is 1530. The van der Waals surface area contributed by atoms with Gasteiger partial charge in [-0.2, -0.15) is 44.3 Å². The van der Waals surface area contributed by atoms with Gasteiger partial charge in [0.25, 0.3) is 5.95 Å². The Morgan fingerprint density at radius 3 is 2.23 bits per heavy atom. The molecule has 2 aromatic rings. The number of carbonyl (C=O) groups excluding carboxylic acids is 1. The number of aliphatic hydroxyl groups is 1. The van der Waals surface area contributed by atoms with E-state index >= 15 is 0 Å². The summed E-state index contributed by atoms with van der Waals surface area (Å²) in [4.78, 5) is 17.2. The molecule has 300 valence electrons. The number of nitrogens with zero attached hydrogens (tertiary/aromatic N) is 6. The molecule has 0 saturated heterocycles. The monoisotopic (exact) mass is 772 g/mol. The summed E-state index contributed by atoms with van der Waals surface area (Å²) in [6.45, 7) is 12.2. The van der Waals surface area contributed by atoms with Gasteiger partial charge in [-0.15, -0.1) is 5.10 Å². The van der Waals surface area contributed by atoms with Crippen LogP contribution in [-0.4, -0.2) is 69.1 Å². The Morgan fingerprint density at radius 2 is 1.70 bits per heavy atom. The maximum Gasteiger partial charge on any atom is 0.416 e. The minimum Gasteiger partial charge on any atom is -0.446 e. The number of aryl methyl sites for hydroxylation is 1. The minimum absolute atomic E-state index is 0.00988. The van der Waals surface area contributed by atoms with E-state index in [2.05, 4.69) is 15.4 Å². The van der Waals surface area contributed by atoms with Crippen LogP contribution >= 0.6 is 0 Å². The molecule has 0 fully saturated rings. The molecule has 1 N–H and O–H groups in total. The van der Waals surface area contributed by atoms with E-state index < -0.39 is 67.3 Å². The highest BCUT2D eigenvalue weighted by Gasteiger charge is 2.44. The Morgan fingerprint density at radius 1 is 1.06 bits per heavy atom. The van der Waals surface area contributed by atoms with Crippen molar-refractivity contribution in [1.29, 1.82) is 0 Å². The van der Waals surface area contributed by atoms with E-state index in [4.69, 9.17) is 4.74 Å². The first-order valence-corrected chi connectivity index (χ1v) is 17.4. The van der Waals surface area contributed by atoms with Crippen molar-refractivity contribution in [1.82, 2.24) is 20.2 Å². The van der Waals surface area contributed by atoms with Crippen LogP contribution in [0.5, 0.6) is 0 Å². The van der Waals surface area contributed by atoms with Crippen LogP contribution in [0.1, 0.15) is 98.2 Å². The van der Waals surface area contributed by atoms with E-state index in [1.807, 2.05) is 13.8 Å². The molecule has 0 aliphatic carbocycles.